The van der Waals surface area contributed by atoms with E-state index in [0.717, 1.165) is 28.2 Å². The zero-order valence-corrected chi connectivity index (χ0v) is 12.1. The van der Waals surface area contributed by atoms with Gasteiger partial charge in [-0.2, -0.15) is 0 Å². The highest BCUT2D eigenvalue weighted by atomic mass is 16.2. The number of fused-ring (bicyclic) bond motifs is 3. The average molecular weight is 290 g/mol. The van der Waals surface area contributed by atoms with E-state index in [1.54, 1.807) is 16.6 Å². The number of rotatable bonds is 1. The molecule has 0 bridgehead atoms. The molecule has 0 radical (unpaired) electrons. The van der Waals surface area contributed by atoms with Crippen LogP contribution in [-0.2, 0) is 11.3 Å². The third-order valence-electron chi connectivity index (χ3n) is 3.96. The highest BCUT2D eigenvalue weighted by Crippen LogP contribution is 2.37. The zero-order valence-electron chi connectivity index (χ0n) is 12.1. The molecule has 1 aliphatic heterocycles. The van der Waals surface area contributed by atoms with Crippen LogP contribution in [0, 0.1) is 0 Å². The van der Waals surface area contributed by atoms with Crippen LogP contribution in [0.25, 0.3) is 22.5 Å². The summed E-state index contributed by atoms with van der Waals surface area (Å²) in [6.45, 7) is 0.195. The Bertz CT molecular complexity index is 854. The average Bonchev–Trinajstić information content (AvgIpc) is 2.94. The Balaban J connectivity index is 2.02. The van der Waals surface area contributed by atoms with Gasteiger partial charge in [0.1, 0.15) is 12.2 Å². The van der Waals surface area contributed by atoms with Crippen molar-refractivity contribution in [3.05, 3.63) is 54.6 Å². The Morgan fingerprint density at radius 1 is 1.00 bits per heavy atom. The van der Waals surface area contributed by atoms with E-state index in [1.165, 1.54) is 0 Å². The van der Waals surface area contributed by atoms with Crippen molar-refractivity contribution in [3.8, 4) is 22.5 Å². The summed E-state index contributed by atoms with van der Waals surface area (Å²) < 4.78 is 1.69. The summed E-state index contributed by atoms with van der Waals surface area (Å²) in [5.41, 5.74) is 4.54. The maximum atomic E-state index is 12.3. The van der Waals surface area contributed by atoms with Gasteiger partial charge >= 0.3 is 0 Å². The fraction of sp³-hybridized carbons (Fsp3) is 0.118. The predicted molar refractivity (Wildman–Crippen MR) is 84.3 cm³/mol. The minimum absolute atomic E-state index is 0.00397. The molecule has 1 aromatic heterocycles. The molecule has 4 rings (SSSR count). The number of para-hydroxylation sites is 1. The van der Waals surface area contributed by atoms with Crippen molar-refractivity contribution in [3.63, 3.8) is 0 Å². The quantitative estimate of drug-likeness (QED) is 0.692. The van der Waals surface area contributed by atoms with Crippen LogP contribution in [-0.4, -0.2) is 27.9 Å². The Labute approximate surface area is 127 Å². The Hall–Kier alpha value is -2.95. The molecule has 0 saturated heterocycles. The van der Waals surface area contributed by atoms with Crippen molar-refractivity contribution in [2.75, 3.05) is 11.9 Å². The van der Waals surface area contributed by atoms with E-state index in [2.05, 4.69) is 10.3 Å². The highest BCUT2D eigenvalue weighted by Gasteiger charge is 2.27. The molecule has 0 aliphatic carbocycles. The van der Waals surface area contributed by atoms with Gasteiger partial charge in [-0.3, -0.25) is 4.79 Å². The van der Waals surface area contributed by atoms with Gasteiger partial charge in [0, 0.05) is 18.2 Å². The standard InChI is InChI=1S/C17H14N4O/c1-20-14-10-6-5-9-13(14)17-16(12-7-3-2-4-8-12)18-19-21(17)11-15(20)22/h2-10H,11H2,1H3. The van der Waals surface area contributed by atoms with Gasteiger partial charge < -0.3 is 4.90 Å². The van der Waals surface area contributed by atoms with Gasteiger partial charge in [0.25, 0.3) is 0 Å². The molecule has 108 valence electrons. The molecule has 0 atom stereocenters. The van der Waals surface area contributed by atoms with E-state index in [0.29, 0.717) is 0 Å². The van der Waals surface area contributed by atoms with Crippen molar-refractivity contribution in [2.24, 2.45) is 0 Å². The second kappa shape index (κ2) is 4.80. The molecular weight excluding hydrogens is 276 g/mol. The molecule has 0 N–H and O–H groups in total. The van der Waals surface area contributed by atoms with E-state index in [4.69, 9.17) is 0 Å². The lowest BCUT2D eigenvalue weighted by atomic mass is 10.0. The summed E-state index contributed by atoms with van der Waals surface area (Å²) in [6, 6.07) is 17.8. The molecule has 0 unspecified atom stereocenters. The number of nitrogens with zero attached hydrogens (tertiary/aromatic N) is 4. The number of hydrogen-bond acceptors (Lipinski definition) is 3. The smallest absolute Gasteiger partial charge is 0.248 e. The van der Waals surface area contributed by atoms with E-state index < -0.39 is 0 Å². The maximum absolute atomic E-state index is 12.3. The van der Waals surface area contributed by atoms with Crippen LogP contribution in [0.5, 0.6) is 0 Å². The number of amides is 1. The summed E-state index contributed by atoms with van der Waals surface area (Å²) in [6.07, 6.45) is 0. The minimum Gasteiger partial charge on any atom is -0.313 e. The van der Waals surface area contributed by atoms with Gasteiger partial charge in [-0.1, -0.05) is 53.7 Å². The normalized spacial score (nSPS) is 13.5. The summed E-state index contributed by atoms with van der Waals surface area (Å²) in [5, 5.41) is 8.51. The van der Waals surface area contributed by atoms with E-state index in [1.807, 2.05) is 54.6 Å². The predicted octanol–water partition coefficient (Wildman–Crippen LogP) is 2.59. The van der Waals surface area contributed by atoms with E-state index >= 15 is 0 Å². The summed E-state index contributed by atoms with van der Waals surface area (Å²) in [5.74, 6) is -0.00397. The number of benzene rings is 2. The monoisotopic (exact) mass is 290 g/mol. The molecule has 1 aliphatic rings. The number of likely N-dealkylation sites (N-methyl/N-ethyl adjacent to an activating group) is 1. The topological polar surface area (TPSA) is 51.0 Å². The summed E-state index contributed by atoms with van der Waals surface area (Å²) in [7, 11) is 1.79. The first kappa shape index (κ1) is 12.8. The minimum atomic E-state index is -0.00397. The van der Waals surface area contributed by atoms with Crippen LogP contribution in [0.2, 0.25) is 0 Å². The van der Waals surface area contributed by atoms with Crippen molar-refractivity contribution in [1.82, 2.24) is 15.0 Å². The van der Waals surface area contributed by atoms with Gasteiger partial charge in [0.05, 0.1) is 11.4 Å². The van der Waals surface area contributed by atoms with Crippen molar-refractivity contribution in [1.29, 1.82) is 0 Å². The number of carbonyl (C=O) groups excluding carboxylic acids is 1. The SMILES string of the molecule is CN1C(=O)Cn2nnc(-c3ccccc3)c2-c2ccccc21. The third kappa shape index (κ3) is 1.83. The lowest BCUT2D eigenvalue weighted by Gasteiger charge is -2.16. The molecular formula is C17H14N4O. The first-order valence-corrected chi connectivity index (χ1v) is 7.10. The fourth-order valence-electron chi connectivity index (χ4n) is 2.82. The number of carbonyl (C=O) groups is 1. The van der Waals surface area contributed by atoms with Gasteiger partial charge in [-0.15, -0.1) is 5.10 Å². The Morgan fingerprint density at radius 2 is 1.73 bits per heavy atom. The van der Waals surface area contributed by atoms with Crippen LogP contribution in [0.3, 0.4) is 0 Å². The van der Waals surface area contributed by atoms with Crippen LogP contribution in [0.4, 0.5) is 5.69 Å². The van der Waals surface area contributed by atoms with Gasteiger partial charge in [-0.05, 0) is 6.07 Å². The van der Waals surface area contributed by atoms with Gasteiger partial charge in [-0.25, -0.2) is 4.68 Å². The molecule has 3 aromatic rings. The summed E-state index contributed by atoms with van der Waals surface area (Å²) >= 11 is 0. The maximum Gasteiger partial charge on any atom is 0.248 e. The highest BCUT2D eigenvalue weighted by molar-refractivity contribution is 6.00. The van der Waals surface area contributed by atoms with Crippen molar-refractivity contribution < 1.29 is 4.79 Å². The lowest BCUT2D eigenvalue weighted by Crippen LogP contribution is -2.28. The fourth-order valence-corrected chi connectivity index (χ4v) is 2.82. The molecule has 0 saturated carbocycles. The zero-order chi connectivity index (χ0) is 15.1. The van der Waals surface area contributed by atoms with Crippen LogP contribution in [0.15, 0.2) is 54.6 Å². The van der Waals surface area contributed by atoms with Crippen molar-refractivity contribution >= 4 is 11.6 Å². The van der Waals surface area contributed by atoms with Gasteiger partial charge in [0.15, 0.2) is 0 Å². The summed E-state index contributed by atoms with van der Waals surface area (Å²) in [4.78, 5) is 14.0. The third-order valence-corrected chi connectivity index (χ3v) is 3.96. The largest absolute Gasteiger partial charge is 0.313 e. The van der Waals surface area contributed by atoms with Crippen LogP contribution < -0.4 is 4.90 Å². The van der Waals surface area contributed by atoms with Crippen LogP contribution in [0.1, 0.15) is 0 Å². The molecule has 5 nitrogen and oxygen atoms in total. The molecule has 2 aromatic carbocycles. The molecule has 0 spiro atoms. The number of hydrogen-bond donors (Lipinski definition) is 0. The van der Waals surface area contributed by atoms with Crippen molar-refractivity contribution in [2.45, 2.75) is 6.54 Å². The van der Waals surface area contributed by atoms with Gasteiger partial charge in [0.2, 0.25) is 5.91 Å². The lowest BCUT2D eigenvalue weighted by molar-refractivity contribution is -0.119. The first-order chi connectivity index (χ1) is 10.8. The molecule has 2 heterocycles. The molecule has 0 fully saturated rings. The van der Waals surface area contributed by atoms with E-state index in [-0.39, 0.29) is 12.5 Å². The Kier molecular flexibility index (Phi) is 2.79. The molecule has 1 amide bonds. The van der Waals surface area contributed by atoms with Crippen LogP contribution >= 0.6 is 0 Å². The number of aromatic nitrogens is 3. The molecule has 5 heteroatoms. The second-order valence-electron chi connectivity index (χ2n) is 5.28. The second-order valence-corrected chi connectivity index (χ2v) is 5.28. The van der Waals surface area contributed by atoms with E-state index in [9.17, 15) is 4.79 Å². The number of anilines is 1. The molecule has 22 heavy (non-hydrogen) atoms. The Morgan fingerprint density at radius 3 is 2.55 bits per heavy atom. The first-order valence-electron chi connectivity index (χ1n) is 7.10.